The quantitative estimate of drug-likeness (QED) is 0.447. The van der Waals surface area contributed by atoms with Gasteiger partial charge in [0.05, 0.1) is 0 Å². The summed E-state index contributed by atoms with van der Waals surface area (Å²) in [5.41, 5.74) is 2.35. The van der Waals surface area contributed by atoms with Gasteiger partial charge in [-0.05, 0) is 85.5 Å². The van der Waals surface area contributed by atoms with Crippen LogP contribution in [0.5, 0.6) is 0 Å². The van der Waals surface area contributed by atoms with Gasteiger partial charge in [0.1, 0.15) is 6.29 Å². The van der Waals surface area contributed by atoms with Crippen LogP contribution in [0.3, 0.4) is 0 Å². The Morgan fingerprint density at radius 2 is 1.87 bits per heavy atom. The molecule has 0 aromatic rings. The first kappa shape index (κ1) is 17.2. The number of allylic oxidation sites excluding steroid dienone is 2. The van der Waals surface area contributed by atoms with Gasteiger partial charge in [0.25, 0.3) is 0 Å². The molecule has 0 aromatic carbocycles. The molecule has 0 saturated heterocycles. The van der Waals surface area contributed by atoms with Crippen LogP contribution in [0, 0.1) is 34.5 Å². The van der Waals surface area contributed by atoms with E-state index in [4.69, 9.17) is 0 Å². The molecule has 3 fully saturated rings. The second kappa shape index (κ2) is 6.37. The number of fused-ring (bicyclic) bond motifs is 3. The van der Waals surface area contributed by atoms with Crippen LogP contribution in [0.2, 0.25) is 0 Å². The first-order chi connectivity index (χ1) is 11.0. The molecule has 1 heteroatoms. The molecule has 3 aliphatic rings. The van der Waals surface area contributed by atoms with E-state index in [1.807, 2.05) is 6.08 Å². The normalized spacial score (nSPS) is 48.1. The third kappa shape index (κ3) is 2.53. The summed E-state index contributed by atoms with van der Waals surface area (Å²) in [5, 5.41) is 0. The van der Waals surface area contributed by atoms with Gasteiger partial charge in [0.2, 0.25) is 0 Å². The summed E-state index contributed by atoms with van der Waals surface area (Å²) in [4.78, 5) is 11.2. The molecule has 0 radical (unpaired) electrons. The lowest BCUT2D eigenvalue weighted by Gasteiger charge is -2.57. The standard InChI is InChI=1S/C22H36O/c1-5-13-21(3)17(12-15-23)7-9-18-19-10-8-16(6-2)22(19,4)14-11-20(18)21/h12,15-16,18-20H,5-11,13-14H2,1-4H3/b17-12-. The minimum absolute atomic E-state index is 0.282. The maximum Gasteiger partial charge on any atom is 0.142 e. The Labute approximate surface area is 143 Å². The summed E-state index contributed by atoms with van der Waals surface area (Å²) in [6, 6.07) is 0. The molecule has 0 aliphatic heterocycles. The Morgan fingerprint density at radius 1 is 1.09 bits per heavy atom. The molecule has 0 heterocycles. The maximum absolute atomic E-state index is 11.2. The number of aldehydes is 1. The van der Waals surface area contributed by atoms with Gasteiger partial charge in [0.15, 0.2) is 0 Å². The second-order valence-corrected chi connectivity index (χ2v) is 9.14. The second-order valence-electron chi connectivity index (χ2n) is 9.14. The van der Waals surface area contributed by atoms with Crippen LogP contribution in [-0.2, 0) is 4.79 Å². The van der Waals surface area contributed by atoms with E-state index in [9.17, 15) is 4.79 Å². The number of rotatable bonds is 4. The van der Waals surface area contributed by atoms with E-state index in [1.165, 1.54) is 63.4 Å². The molecular formula is C22H36O. The molecule has 0 spiro atoms. The lowest BCUT2D eigenvalue weighted by molar-refractivity contribution is -0.104. The third-order valence-corrected chi connectivity index (χ3v) is 8.46. The Balaban J connectivity index is 1.92. The average Bonchev–Trinajstić information content (AvgIpc) is 2.87. The summed E-state index contributed by atoms with van der Waals surface area (Å²) in [6.07, 6.45) is 15.1. The van der Waals surface area contributed by atoms with Crippen LogP contribution in [0.4, 0.5) is 0 Å². The van der Waals surface area contributed by atoms with Crippen LogP contribution < -0.4 is 0 Å². The van der Waals surface area contributed by atoms with Crippen molar-refractivity contribution in [3.8, 4) is 0 Å². The van der Waals surface area contributed by atoms with Crippen LogP contribution in [0.1, 0.15) is 85.5 Å². The van der Waals surface area contributed by atoms with Crippen molar-refractivity contribution in [2.24, 2.45) is 34.5 Å². The van der Waals surface area contributed by atoms with Gasteiger partial charge in [-0.15, -0.1) is 0 Å². The zero-order valence-corrected chi connectivity index (χ0v) is 15.7. The molecule has 6 unspecified atom stereocenters. The first-order valence-corrected chi connectivity index (χ1v) is 10.2. The van der Waals surface area contributed by atoms with Crippen molar-refractivity contribution >= 4 is 6.29 Å². The van der Waals surface area contributed by atoms with Gasteiger partial charge in [-0.1, -0.05) is 46.1 Å². The predicted molar refractivity (Wildman–Crippen MR) is 97.2 cm³/mol. The molecule has 1 nitrogen and oxygen atoms in total. The fraction of sp³-hybridized carbons (Fsp3) is 0.864. The summed E-state index contributed by atoms with van der Waals surface area (Å²) in [5.74, 6) is 3.62. The summed E-state index contributed by atoms with van der Waals surface area (Å²) < 4.78 is 0. The van der Waals surface area contributed by atoms with Crippen molar-refractivity contribution in [1.82, 2.24) is 0 Å². The number of hydrogen-bond acceptors (Lipinski definition) is 1. The zero-order valence-electron chi connectivity index (χ0n) is 15.7. The fourth-order valence-electron chi connectivity index (χ4n) is 7.33. The number of hydrogen-bond donors (Lipinski definition) is 0. The molecule has 0 N–H and O–H groups in total. The Hall–Kier alpha value is -0.590. The van der Waals surface area contributed by atoms with Crippen LogP contribution in [0.25, 0.3) is 0 Å². The maximum atomic E-state index is 11.2. The Morgan fingerprint density at radius 3 is 2.52 bits per heavy atom. The van der Waals surface area contributed by atoms with Crippen molar-refractivity contribution in [2.75, 3.05) is 0 Å². The van der Waals surface area contributed by atoms with Gasteiger partial charge < -0.3 is 0 Å². The molecule has 130 valence electrons. The molecule has 6 atom stereocenters. The number of carbonyl (C=O) groups excluding carboxylic acids is 1. The molecule has 3 aliphatic carbocycles. The monoisotopic (exact) mass is 316 g/mol. The smallest absolute Gasteiger partial charge is 0.142 e. The van der Waals surface area contributed by atoms with E-state index in [-0.39, 0.29) is 5.41 Å². The van der Waals surface area contributed by atoms with Gasteiger partial charge in [-0.3, -0.25) is 4.79 Å². The molecular weight excluding hydrogens is 280 g/mol. The van der Waals surface area contributed by atoms with Gasteiger partial charge in [-0.2, -0.15) is 0 Å². The highest BCUT2D eigenvalue weighted by molar-refractivity contribution is 5.66. The van der Waals surface area contributed by atoms with Gasteiger partial charge in [-0.25, -0.2) is 0 Å². The van der Waals surface area contributed by atoms with E-state index in [0.717, 1.165) is 30.0 Å². The molecule has 0 bridgehead atoms. The van der Waals surface area contributed by atoms with Crippen molar-refractivity contribution in [3.63, 3.8) is 0 Å². The SMILES string of the molecule is CCCC1(C)/C(=C\C=O)CCC2C1CCC1(C)C(CC)CCC21. The third-order valence-electron chi connectivity index (χ3n) is 8.46. The lowest BCUT2D eigenvalue weighted by Crippen LogP contribution is -2.49. The lowest BCUT2D eigenvalue weighted by atomic mass is 9.47. The van der Waals surface area contributed by atoms with E-state index in [1.54, 1.807) is 0 Å². The minimum Gasteiger partial charge on any atom is -0.299 e. The Kier molecular flexibility index (Phi) is 4.78. The van der Waals surface area contributed by atoms with E-state index in [0.29, 0.717) is 5.41 Å². The zero-order chi connectivity index (χ0) is 16.7. The summed E-state index contributed by atoms with van der Waals surface area (Å²) in [6.45, 7) is 9.81. The highest BCUT2D eigenvalue weighted by atomic mass is 16.1. The van der Waals surface area contributed by atoms with E-state index < -0.39 is 0 Å². The van der Waals surface area contributed by atoms with Crippen molar-refractivity contribution in [3.05, 3.63) is 11.6 Å². The topological polar surface area (TPSA) is 17.1 Å². The highest BCUT2D eigenvalue weighted by Crippen LogP contribution is 2.66. The van der Waals surface area contributed by atoms with Crippen LogP contribution in [0.15, 0.2) is 11.6 Å². The Bertz CT molecular complexity index is 478. The average molecular weight is 317 g/mol. The summed E-state index contributed by atoms with van der Waals surface area (Å²) in [7, 11) is 0. The molecule has 3 saturated carbocycles. The largest absolute Gasteiger partial charge is 0.299 e. The highest BCUT2D eigenvalue weighted by Gasteiger charge is 2.57. The minimum atomic E-state index is 0.282. The van der Waals surface area contributed by atoms with Gasteiger partial charge in [0, 0.05) is 0 Å². The van der Waals surface area contributed by atoms with Crippen molar-refractivity contribution in [1.29, 1.82) is 0 Å². The molecule has 0 aromatic heterocycles. The number of carbonyl (C=O) groups is 1. The van der Waals surface area contributed by atoms with Crippen LogP contribution >= 0.6 is 0 Å². The van der Waals surface area contributed by atoms with E-state index in [2.05, 4.69) is 27.7 Å². The molecule has 0 amide bonds. The van der Waals surface area contributed by atoms with Crippen molar-refractivity contribution < 1.29 is 4.79 Å². The molecule has 23 heavy (non-hydrogen) atoms. The molecule has 3 rings (SSSR count). The fourth-order valence-corrected chi connectivity index (χ4v) is 7.33. The van der Waals surface area contributed by atoms with Crippen molar-refractivity contribution in [2.45, 2.75) is 85.5 Å². The van der Waals surface area contributed by atoms with Crippen LogP contribution in [-0.4, -0.2) is 6.29 Å². The van der Waals surface area contributed by atoms with Gasteiger partial charge >= 0.3 is 0 Å². The predicted octanol–water partition coefficient (Wildman–Crippen LogP) is 6.18. The summed E-state index contributed by atoms with van der Waals surface area (Å²) >= 11 is 0. The van der Waals surface area contributed by atoms with E-state index >= 15 is 0 Å². The first-order valence-electron chi connectivity index (χ1n) is 10.2.